The lowest BCUT2D eigenvalue weighted by molar-refractivity contribution is 0.213. The second-order valence-electron chi connectivity index (χ2n) is 6.08. The van der Waals surface area contributed by atoms with E-state index in [4.69, 9.17) is 0 Å². The van der Waals surface area contributed by atoms with Crippen molar-refractivity contribution in [2.75, 3.05) is 13.1 Å². The van der Waals surface area contributed by atoms with Crippen molar-refractivity contribution in [1.82, 2.24) is 4.90 Å². The van der Waals surface area contributed by atoms with E-state index in [1.165, 1.54) is 55.6 Å². The largest absolute Gasteiger partial charge is 0.296 e. The fourth-order valence-corrected chi connectivity index (χ4v) is 3.86. The van der Waals surface area contributed by atoms with Crippen LogP contribution in [0, 0.1) is 0 Å². The van der Waals surface area contributed by atoms with Crippen LogP contribution in [0.1, 0.15) is 52.4 Å². The monoisotopic (exact) mass is 270 g/mol. The summed E-state index contributed by atoms with van der Waals surface area (Å²) in [5, 5.41) is 0. The molecule has 0 spiro atoms. The van der Waals surface area contributed by atoms with E-state index in [-0.39, 0.29) is 0 Å². The van der Waals surface area contributed by atoms with Gasteiger partial charge in [0.05, 0.1) is 0 Å². The average molecular weight is 270 g/mol. The molecule has 0 bridgehead atoms. The lowest BCUT2D eigenvalue weighted by Crippen LogP contribution is -2.40. The number of allylic oxidation sites excluding steroid dienone is 4. The fraction of sp³-hybridized carbons (Fsp3) is 0.611. The van der Waals surface area contributed by atoms with Gasteiger partial charge in [0.2, 0.25) is 0 Å². The minimum absolute atomic E-state index is 0.601. The summed E-state index contributed by atoms with van der Waals surface area (Å²) in [5.74, 6) is 0. The molecule has 0 radical (unpaired) electrons. The van der Waals surface area contributed by atoms with E-state index in [1.54, 1.807) is 5.57 Å². The first-order valence-corrected chi connectivity index (χ1v) is 8.23. The highest BCUT2D eigenvalue weighted by Crippen LogP contribution is 2.41. The zero-order valence-electron chi connectivity index (χ0n) is 12.9. The molecule has 108 valence electrons. The highest BCUT2D eigenvalue weighted by Gasteiger charge is 2.32. The first-order chi connectivity index (χ1) is 9.85. The van der Waals surface area contributed by atoms with Gasteiger partial charge >= 0.3 is 0 Å². The summed E-state index contributed by atoms with van der Waals surface area (Å²) in [6, 6.07) is 0.601. The van der Waals surface area contributed by atoms with Crippen LogP contribution in [0.5, 0.6) is 0 Å². The molecule has 0 amide bonds. The van der Waals surface area contributed by atoms with Gasteiger partial charge in [-0.15, -0.1) is 0 Å². The third-order valence-corrected chi connectivity index (χ3v) is 4.68. The van der Waals surface area contributed by atoms with Crippen LogP contribution in [0.25, 0.3) is 0 Å². The molecule has 2 nitrogen and oxygen atoms in total. The van der Waals surface area contributed by atoms with Gasteiger partial charge in [0.25, 0.3) is 0 Å². The number of hydrogen-bond acceptors (Lipinski definition) is 2. The number of aliphatic imine (C=N–C) groups is 1. The first-order valence-electron chi connectivity index (χ1n) is 8.23. The molecule has 2 heteroatoms. The van der Waals surface area contributed by atoms with Crippen LogP contribution >= 0.6 is 0 Å². The topological polar surface area (TPSA) is 15.6 Å². The van der Waals surface area contributed by atoms with Crippen molar-refractivity contribution in [2.24, 2.45) is 4.99 Å². The number of hydrogen-bond donors (Lipinski definition) is 0. The van der Waals surface area contributed by atoms with Gasteiger partial charge in [-0.1, -0.05) is 26.0 Å². The van der Waals surface area contributed by atoms with Crippen molar-refractivity contribution in [3.63, 3.8) is 0 Å². The molecule has 0 N–H and O–H groups in total. The molecule has 0 saturated carbocycles. The van der Waals surface area contributed by atoms with Crippen molar-refractivity contribution in [3.8, 4) is 0 Å². The van der Waals surface area contributed by atoms with Crippen LogP contribution in [0.3, 0.4) is 0 Å². The van der Waals surface area contributed by atoms with Crippen molar-refractivity contribution in [1.29, 1.82) is 0 Å². The van der Waals surface area contributed by atoms with E-state index in [2.05, 4.69) is 42.1 Å². The molecule has 0 aromatic heterocycles. The van der Waals surface area contributed by atoms with Crippen molar-refractivity contribution >= 4 is 6.21 Å². The number of fused-ring (bicyclic) bond motifs is 1. The average Bonchev–Trinajstić information content (AvgIpc) is 2.95. The van der Waals surface area contributed by atoms with Crippen molar-refractivity contribution in [3.05, 3.63) is 34.6 Å². The van der Waals surface area contributed by atoms with E-state index < -0.39 is 0 Å². The Morgan fingerprint density at radius 2 is 2.05 bits per heavy atom. The molecule has 20 heavy (non-hydrogen) atoms. The van der Waals surface area contributed by atoms with Crippen LogP contribution in [-0.2, 0) is 0 Å². The number of rotatable bonds is 5. The first kappa shape index (κ1) is 13.8. The summed E-state index contributed by atoms with van der Waals surface area (Å²) in [4.78, 5) is 7.36. The standard InChI is InChI=1S/C18H26N2/c1-3-11-20(12-4-2)18-13-17-15(9-10-19-17)14-7-5-6-8-16(14)18/h5,7,10,18H,3-4,6,8-9,11-13H2,1-2H3. The molecule has 0 fully saturated rings. The number of nitrogens with zero attached hydrogens (tertiary/aromatic N) is 2. The van der Waals surface area contributed by atoms with E-state index in [1.807, 2.05) is 0 Å². The highest BCUT2D eigenvalue weighted by atomic mass is 15.2. The molecule has 3 rings (SSSR count). The van der Waals surface area contributed by atoms with Crippen molar-refractivity contribution < 1.29 is 0 Å². The summed E-state index contributed by atoms with van der Waals surface area (Å²) in [7, 11) is 0. The van der Waals surface area contributed by atoms with Crippen LogP contribution in [-0.4, -0.2) is 30.2 Å². The Labute approximate surface area is 123 Å². The quantitative estimate of drug-likeness (QED) is 0.729. The lowest BCUT2D eigenvalue weighted by atomic mass is 9.79. The van der Waals surface area contributed by atoms with Gasteiger partial charge in [-0.2, -0.15) is 0 Å². The zero-order chi connectivity index (χ0) is 13.9. The second-order valence-corrected chi connectivity index (χ2v) is 6.08. The predicted molar refractivity (Wildman–Crippen MR) is 86.1 cm³/mol. The molecule has 1 aliphatic heterocycles. The van der Waals surface area contributed by atoms with Crippen LogP contribution in [0.4, 0.5) is 0 Å². The molecule has 1 atom stereocenters. The Morgan fingerprint density at radius 1 is 1.25 bits per heavy atom. The molecule has 0 aromatic rings. The molecule has 1 heterocycles. The van der Waals surface area contributed by atoms with Crippen LogP contribution in [0.2, 0.25) is 0 Å². The minimum Gasteiger partial charge on any atom is -0.296 e. The summed E-state index contributed by atoms with van der Waals surface area (Å²) < 4.78 is 0. The Hall–Kier alpha value is -1.15. The Balaban J connectivity index is 1.93. The van der Waals surface area contributed by atoms with Gasteiger partial charge in [-0.05, 0) is 55.5 Å². The summed E-state index contributed by atoms with van der Waals surface area (Å²) in [6.07, 6.45) is 13.9. The van der Waals surface area contributed by atoms with Gasteiger partial charge in [-0.25, -0.2) is 0 Å². The van der Waals surface area contributed by atoms with Gasteiger partial charge in [0.15, 0.2) is 0 Å². The third kappa shape index (κ3) is 2.42. The molecule has 1 unspecified atom stereocenters. The zero-order valence-corrected chi connectivity index (χ0v) is 12.9. The molecule has 0 aromatic carbocycles. The maximum Gasteiger partial charge on any atom is 0.0460 e. The Morgan fingerprint density at radius 3 is 2.80 bits per heavy atom. The smallest absolute Gasteiger partial charge is 0.0460 e. The van der Waals surface area contributed by atoms with Gasteiger partial charge in [0.1, 0.15) is 0 Å². The summed E-state index contributed by atoms with van der Waals surface area (Å²) in [5.41, 5.74) is 6.09. The SMILES string of the molecule is CCCN(CCC)C1CC2=C(CC=N2)C2=C1CCC=C2. The maximum absolute atomic E-state index is 4.66. The molecule has 2 aliphatic carbocycles. The van der Waals surface area contributed by atoms with E-state index in [0.717, 1.165) is 12.8 Å². The molecule has 3 aliphatic rings. The van der Waals surface area contributed by atoms with E-state index in [9.17, 15) is 0 Å². The normalized spacial score (nSPS) is 24.6. The predicted octanol–water partition coefficient (Wildman–Crippen LogP) is 4.26. The minimum atomic E-state index is 0.601. The third-order valence-electron chi connectivity index (χ3n) is 4.68. The van der Waals surface area contributed by atoms with Gasteiger partial charge in [-0.3, -0.25) is 9.89 Å². The summed E-state index contributed by atoms with van der Waals surface area (Å²) >= 11 is 0. The van der Waals surface area contributed by atoms with Gasteiger partial charge < -0.3 is 0 Å². The molecular weight excluding hydrogens is 244 g/mol. The van der Waals surface area contributed by atoms with E-state index >= 15 is 0 Å². The van der Waals surface area contributed by atoms with Crippen LogP contribution < -0.4 is 0 Å². The molecular formula is C18H26N2. The van der Waals surface area contributed by atoms with E-state index in [0.29, 0.717) is 6.04 Å². The van der Waals surface area contributed by atoms with Crippen molar-refractivity contribution in [2.45, 2.75) is 58.4 Å². The van der Waals surface area contributed by atoms with Gasteiger partial charge in [0, 0.05) is 30.8 Å². The Kier molecular flexibility index (Phi) is 4.21. The Bertz CT molecular complexity index is 488. The van der Waals surface area contributed by atoms with Crippen LogP contribution in [0.15, 0.2) is 39.6 Å². The lowest BCUT2D eigenvalue weighted by Gasteiger charge is -2.38. The highest BCUT2D eigenvalue weighted by molar-refractivity contribution is 5.73. The molecule has 0 saturated heterocycles. The maximum atomic E-state index is 4.66. The second kappa shape index (κ2) is 6.09. The fourth-order valence-electron chi connectivity index (χ4n) is 3.86. The summed E-state index contributed by atoms with van der Waals surface area (Å²) in [6.45, 7) is 7.01.